The molecule has 0 radical (unpaired) electrons. The van der Waals surface area contributed by atoms with Crippen molar-refractivity contribution in [2.75, 3.05) is 63.8 Å². The Morgan fingerprint density at radius 3 is 2.47 bits per heavy atom. The molecule has 0 saturated carbocycles. The first-order valence-corrected chi connectivity index (χ1v) is 18.3. The van der Waals surface area contributed by atoms with Crippen molar-refractivity contribution in [2.45, 2.75) is 101 Å². The molecule has 3 unspecified atom stereocenters. The molecule has 4 amide bonds. The van der Waals surface area contributed by atoms with Crippen molar-refractivity contribution < 1.29 is 33.3 Å². The van der Waals surface area contributed by atoms with Gasteiger partial charge in [0.05, 0.1) is 70.4 Å². The highest BCUT2D eigenvalue weighted by atomic mass is 32.2. The zero-order valence-electron chi connectivity index (χ0n) is 28.2. The first kappa shape index (κ1) is 37.2. The average molecular weight is 682 g/mol. The zero-order chi connectivity index (χ0) is 33.4. The van der Waals surface area contributed by atoms with Crippen LogP contribution in [0.3, 0.4) is 0 Å². The molecular formula is C32H55N7O7S. The number of amides is 4. The molecule has 0 aliphatic carbocycles. The summed E-state index contributed by atoms with van der Waals surface area (Å²) in [7, 11) is 0. The van der Waals surface area contributed by atoms with Crippen molar-refractivity contribution in [2.24, 2.45) is 5.92 Å². The summed E-state index contributed by atoms with van der Waals surface area (Å²) in [4.78, 5) is 40.3. The normalized spacial score (nSPS) is 25.6. The number of nitrogens with zero attached hydrogens (tertiary/aromatic N) is 2. The highest BCUT2D eigenvalue weighted by molar-refractivity contribution is 8.00. The van der Waals surface area contributed by atoms with Gasteiger partial charge in [-0.15, -0.1) is 0 Å². The van der Waals surface area contributed by atoms with Gasteiger partial charge in [-0.25, -0.2) is 9.78 Å². The van der Waals surface area contributed by atoms with Crippen LogP contribution in [0.2, 0.25) is 0 Å². The SMILES string of the molecule is CC[C@@H]1C[C@H](C)[C@H](n2cnc(N[C@H](C)CC(=O)NCCOCCOCCOCCNC(=O)CCCCC3SCC4NC(=O)NC43)c2)O1. The number of carbonyl (C=O) groups excluding carboxylic acids is 3. The van der Waals surface area contributed by atoms with Gasteiger partial charge >= 0.3 is 6.03 Å². The molecule has 3 saturated heterocycles. The maximum absolute atomic E-state index is 12.3. The van der Waals surface area contributed by atoms with Crippen molar-refractivity contribution in [3.8, 4) is 0 Å². The summed E-state index contributed by atoms with van der Waals surface area (Å²) in [5.74, 6) is 2.11. The van der Waals surface area contributed by atoms with Crippen LogP contribution < -0.4 is 26.6 Å². The fraction of sp³-hybridized carbons (Fsp3) is 0.812. The maximum Gasteiger partial charge on any atom is 0.315 e. The molecule has 266 valence electrons. The molecule has 14 nitrogen and oxygen atoms in total. The van der Waals surface area contributed by atoms with Crippen LogP contribution in [0.25, 0.3) is 0 Å². The molecular weight excluding hydrogens is 626 g/mol. The molecule has 0 bridgehead atoms. The maximum atomic E-state index is 12.3. The molecule has 4 heterocycles. The molecule has 0 aromatic carbocycles. The number of thioether (sulfide) groups is 1. The number of hydrogen-bond donors (Lipinski definition) is 5. The second-order valence-corrected chi connectivity index (χ2v) is 13.9. The lowest BCUT2D eigenvalue weighted by molar-refractivity contribution is -0.122. The van der Waals surface area contributed by atoms with Gasteiger partial charge in [-0.3, -0.25) is 9.59 Å². The summed E-state index contributed by atoms with van der Waals surface area (Å²) in [6.07, 6.45) is 9.75. The number of fused-ring (bicyclic) bond motifs is 1. The first-order valence-electron chi connectivity index (χ1n) is 17.2. The van der Waals surface area contributed by atoms with Gasteiger partial charge in [0.1, 0.15) is 12.0 Å². The topological polar surface area (TPSA) is 166 Å². The van der Waals surface area contributed by atoms with E-state index in [4.69, 9.17) is 18.9 Å². The van der Waals surface area contributed by atoms with Crippen molar-refractivity contribution in [1.29, 1.82) is 0 Å². The third-order valence-corrected chi connectivity index (χ3v) is 10.2. The lowest BCUT2D eigenvalue weighted by Crippen LogP contribution is -2.36. The van der Waals surface area contributed by atoms with Crippen molar-refractivity contribution in [3.63, 3.8) is 0 Å². The van der Waals surface area contributed by atoms with Gasteiger partial charge < -0.3 is 50.1 Å². The van der Waals surface area contributed by atoms with Crippen LogP contribution in [0.5, 0.6) is 0 Å². The highest BCUT2D eigenvalue weighted by Crippen LogP contribution is 2.36. The van der Waals surface area contributed by atoms with E-state index in [9.17, 15) is 14.4 Å². The Morgan fingerprint density at radius 1 is 1.06 bits per heavy atom. The van der Waals surface area contributed by atoms with E-state index in [-0.39, 0.29) is 42.2 Å². The van der Waals surface area contributed by atoms with E-state index < -0.39 is 0 Å². The molecule has 47 heavy (non-hydrogen) atoms. The molecule has 15 heteroatoms. The number of anilines is 1. The number of nitrogens with one attached hydrogen (secondary N) is 5. The summed E-state index contributed by atoms with van der Waals surface area (Å²) < 4.78 is 24.7. The summed E-state index contributed by atoms with van der Waals surface area (Å²) in [6.45, 7) is 9.81. The van der Waals surface area contributed by atoms with E-state index >= 15 is 0 Å². The lowest BCUT2D eigenvalue weighted by atomic mass is 10.0. The Bertz CT molecular complexity index is 1110. The second kappa shape index (κ2) is 20.0. The van der Waals surface area contributed by atoms with Gasteiger partial charge in [-0.1, -0.05) is 20.3 Å². The first-order chi connectivity index (χ1) is 22.8. The number of urea groups is 1. The predicted octanol–water partition coefficient (Wildman–Crippen LogP) is 2.42. The van der Waals surface area contributed by atoms with Crippen molar-refractivity contribution in [3.05, 3.63) is 12.5 Å². The number of imidazole rings is 1. The molecule has 1 aromatic rings. The average Bonchev–Trinajstić information content (AvgIpc) is 3.82. The summed E-state index contributed by atoms with van der Waals surface area (Å²) in [5.41, 5.74) is 0. The van der Waals surface area contributed by atoms with Crippen LogP contribution in [0, 0.1) is 5.92 Å². The van der Waals surface area contributed by atoms with Gasteiger partial charge in [0.25, 0.3) is 0 Å². The van der Waals surface area contributed by atoms with Gasteiger partial charge in [0.2, 0.25) is 11.8 Å². The summed E-state index contributed by atoms with van der Waals surface area (Å²) in [5, 5.41) is 15.5. The molecule has 5 N–H and O–H groups in total. The predicted molar refractivity (Wildman–Crippen MR) is 180 cm³/mol. The Balaban J connectivity index is 0.886. The summed E-state index contributed by atoms with van der Waals surface area (Å²) >= 11 is 1.90. The third-order valence-electron chi connectivity index (χ3n) is 8.65. The standard InChI is InChI=1S/C32H55N7O7S/c1-4-24-17-22(2)31(46-24)39-19-27(35-21-39)36-23(3)18-29(41)34-10-12-44-14-16-45-15-13-43-11-9-33-28(40)8-6-5-7-26-30-25(20-47-26)37-32(42)38-30/h19,21-26,30-31,36H,4-18,20H2,1-3H3,(H,33,40)(H,34,41)(H2,37,38,42)/t22-,23+,24+,25?,26?,30?,31+/m0/s1. The number of aromatic nitrogens is 2. The van der Waals surface area contributed by atoms with Crippen LogP contribution >= 0.6 is 11.8 Å². The minimum absolute atomic E-state index is 0.00563. The molecule has 3 aliphatic heterocycles. The Labute approximate surface area is 282 Å². The van der Waals surface area contributed by atoms with Crippen LogP contribution in [0.1, 0.15) is 71.9 Å². The van der Waals surface area contributed by atoms with Crippen molar-refractivity contribution >= 4 is 35.4 Å². The minimum atomic E-state index is -0.0708. The Hall–Kier alpha value is -2.59. The zero-order valence-corrected chi connectivity index (χ0v) is 29.0. The monoisotopic (exact) mass is 681 g/mol. The van der Waals surface area contributed by atoms with E-state index in [2.05, 4.69) is 45.4 Å². The van der Waals surface area contributed by atoms with Crippen LogP contribution in [0.15, 0.2) is 12.5 Å². The summed E-state index contributed by atoms with van der Waals surface area (Å²) in [6, 6.07) is 0.330. The highest BCUT2D eigenvalue weighted by Gasteiger charge is 2.42. The number of hydrogen-bond acceptors (Lipinski definition) is 10. The number of carbonyl (C=O) groups is 3. The molecule has 7 atom stereocenters. The van der Waals surface area contributed by atoms with E-state index in [1.807, 2.05) is 29.4 Å². The smallest absolute Gasteiger partial charge is 0.315 e. The number of unbranched alkanes of at least 4 members (excludes halogenated alkanes) is 1. The van der Waals surface area contributed by atoms with E-state index in [1.165, 1.54) is 0 Å². The number of ether oxygens (including phenoxy) is 4. The van der Waals surface area contributed by atoms with Crippen molar-refractivity contribution in [1.82, 2.24) is 30.8 Å². The van der Waals surface area contributed by atoms with Gasteiger partial charge in [-0.05, 0) is 32.6 Å². The van der Waals surface area contributed by atoms with Gasteiger partial charge in [-0.2, -0.15) is 11.8 Å². The second-order valence-electron chi connectivity index (χ2n) is 12.6. The van der Waals surface area contributed by atoms with Gasteiger partial charge in [0, 0.05) is 48.9 Å². The van der Waals surface area contributed by atoms with E-state index in [1.54, 1.807) is 6.33 Å². The molecule has 0 spiro atoms. The van der Waals surface area contributed by atoms with E-state index in [0.29, 0.717) is 82.8 Å². The quantitative estimate of drug-likeness (QED) is 0.0856. The molecule has 3 fully saturated rings. The van der Waals surface area contributed by atoms with Crippen LogP contribution in [-0.2, 0) is 28.5 Å². The van der Waals surface area contributed by atoms with Crippen LogP contribution in [0.4, 0.5) is 10.6 Å². The molecule has 3 aliphatic rings. The Morgan fingerprint density at radius 2 is 1.77 bits per heavy atom. The largest absolute Gasteiger partial charge is 0.377 e. The van der Waals surface area contributed by atoms with E-state index in [0.717, 1.165) is 43.7 Å². The van der Waals surface area contributed by atoms with Crippen LogP contribution in [-0.4, -0.2) is 115 Å². The Kier molecular flexibility index (Phi) is 15.9. The number of rotatable bonds is 23. The minimum Gasteiger partial charge on any atom is -0.377 e. The third kappa shape index (κ3) is 12.7. The fourth-order valence-corrected chi connectivity index (χ4v) is 7.72. The molecule has 1 aromatic heterocycles. The van der Waals surface area contributed by atoms with Gasteiger partial charge in [0.15, 0.2) is 0 Å². The lowest BCUT2D eigenvalue weighted by Gasteiger charge is -2.17. The fourth-order valence-electron chi connectivity index (χ4n) is 6.18. The molecule has 4 rings (SSSR count).